The quantitative estimate of drug-likeness (QED) is 0.708. The van der Waals surface area contributed by atoms with Gasteiger partial charge in [0.25, 0.3) is 0 Å². The molecule has 0 aromatic carbocycles. The molecule has 0 amide bonds. The zero-order valence-electron chi connectivity index (χ0n) is 8.47. The first-order valence-electron chi connectivity index (χ1n) is 4.65. The van der Waals surface area contributed by atoms with E-state index in [0.29, 0.717) is 6.61 Å². The lowest BCUT2D eigenvalue weighted by molar-refractivity contribution is 0.210. The molecular formula is C9H13N5O. The minimum Gasteiger partial charge on any atom is -0.383 e. The van der Waals surface area contributed by atoms with E-state index in [1.165, 1.54) is 0 Å². The Balaban J connectivity index is 2.25. The van der Waals surface area contributed by atoms with Crippen LogP contribution in [-0.4, -0.2) is 34.9 Å². The maximum absolute atomic E-state index is 5.52. The van der Waals surface area contributed by atoms with Crippen molar-refractivity contribution in [2.45, 2.75) is 0 Å². The number of nitrogens with zero attached hydrogens (tertiary/aromatic N) is 3. The summed E-state index contributed by atoms with van der Waals surface area (Å²) >= 11 is 0. The molecule has 0 aliphatic rings. The van der Waals surface area contributed by atoms with E-state index in [1.54, 1.807) is 11.6 Å². The van der Waals surface area contributed by atoms with Crippen molar-refractivity contribution in [3.8, 4) is 0 Å². The fourth-order valence-electron chi connectivity index (χ4n) is 1.34. The third-order valence-electron chi connectivity index (χ3n) is 1.99. The summed E-state index contributed by atoms with van der Waals surface area (Å²) in [4.78, 5) is 4.06. The van der Waals surface area contributed by atoms with Crippen LogP contribution < -0.4 is 11.1 Å². The van der Waals surface area contributed by atoms with Crippen LogP contribution in [0.15, 0.2) is 18.2 Å². The Morgan fingerprint density at radius 3 is 3.20 bits per heavy atom. The number of aromatic nitrogens is 3. The summed E-state index contributed by atoms with van der Waals surface area (Å²) in [6, 6.07) is 5.67. The average molecular weight is 207 g/mol. The van der Waals surface area contributed by atoms with Crippen LogP contribution in [0, 0.1) is 0 Å². The largest absolute Gasteiger partial charge is 0.383 e. The Morgan fingerprint density at radius 1 is 1.53 bits per heavy atom. The molecule has 0 saturated carbocycles. The van der Waals surface area contributed by atoms with Gasteiger partial charge in [0.2, 0.25) is 5.95 Å². The molecule has 2 heterocycles. The smallest absolute Gasteiger partial charge is 0.240 e. The van der Waals surface area contributed by atoms with E-state index in [1.807, 2.05) is 18.2 Å². The summed E-state index contributed by atoms with van der Waals surface area (Å²) in [6.07, 6.45) is 0. The highest BCUT2D eigenvalue weighted by atomic mass is 16.5. The number of nitrogens with one attached hydrogen (secondary N) is 1. The van der Waals surface area contributed by atoms with Crippen LogP contribution in [0.1, 0.15) is 0 Å². The number of pyridine rings is 1. The van der Waals surface area contributed by atoms with Crippen molar-refractivity contribution in [3.63, 3.8) is 0 Å². The Labute approximate surface area is 87.1 Å². The van der Waals surface area contributed by atoms with Gasteiger partial charge in [-0.3, -0.25) is 0 Å². The third-order valence-corrected chi connectivity index (χ3v) is 1.99. The van der Waals surface area contributed by atoms with Gasteiger partial charge in [0.15, 0.2) is 5.65 Å². The predicted octanol–water partition coefficient (Wildman–Crippen LogP) is 0.370. The Hall–Kier alpha value is -1.82. The molecule has 2 aromatic rings. The van der Waals surface area contributed by atoms with Gasteiger partial charge >= 0.3 is 0 Å². The fraction of sp³-hybridized carbons (Fsp3) is 0.333. The third kappa shape index (κ3) is 1.99. The number of ether oxygens (including phenoxy) is 1. The van der Waals surface area contributed by atoms with Crippen LogP contribution in [0.25, 0.3) is 5.65 Å². The summed E-state index contributed by atoms with van der Waals surface area (Å²) < 4.78 is 6.62. The topological polar surface area (TPSA) is 77.5 Å². The van der Waals surface area contributed by atoms with Gasteiger partial charge in [0, 0.05) is 13.7 Å². The molecule has 2 rings (SSSR count). The standard InChI is InChI=1S/C9H13N5O/c1-15-6-5-11-7-3-2-4-8-12-9(10)13-14(7)8/h2-4,11H,5-6H2,1H3,(H2,10,13). The molecule has 6 nitrogen and oxygen atoms in total. The normalized spacial score (nSPS) is 10.7. The lowest BCUT2D eigenvalue weighted by atomic mass is 10.4. The lowest BCUT2D eigenvalue weighted by Gasteiger charge is -2.06. The first-order chi connectivity index (χ1) is 7.31. The van der Waals surface area contributed by atoms with Crippen molar-refractivity contribution in [1.82, 2.24) is 14.6 Å². The molecule has 2 aromatic heterocycles. The van der Waals surface area contributed by atoms with Crippen molar-refractivity contribution in [2.75, 3.05) is 31.3 Å². The Bertz CT molecular complexity index is 453. The van der Waals surface area contributed by atoms with E-state index in [9.17, 15) is 0 Å². The molecule has 0 atom stereocenters. The summed E-state index contributed by atoms with van der Waals surface area (Å²) in [6.45, 7) is 1.36. The van der Waals surface area contributed by atoms with Crippen LogP contribution in [0.2, 0.25) is 0 Å². The number of fused-ring (bicyclic) bond motifs is 1. The fourth-order valence-corrected chi connectivity index (χ4v) is 1.34. The molecule has 0 unspecified atom stereocenters. The van der Waals surface area contributed by atoms with Crippen molar-refractivity contribution >= 4 is 17.4 Å². The average Bonchev–Trinajstić information content (AvgIpc) is 2.59. The second-order valence-electron chi connectivity index (χ2n) is 3.07. The number of methoxy groups -OCH3 is 1. The second-order valence-corrected chi connectivity index (χ2v) is 3.07. The Morgan fingerprint density at radius 2 is 2.40 bits per heavy atom. The molecule has 0 saturated heterocycles. The van der Waals surface area contributed by atoms with Gasteiger partial charge in [-0.25, -0.2) is 0 Å². The molecule has 0 aliphatic heterocycles. The van der Waals surface area contributed by atoms with Crippen molar-refractivity contribution < 1.29 is 4.74 Å². The number of rotatable bonds is 4. The highest BCUT2D eigenvalue weighted by molar-refractivity contribution is 5.50. The predicted molar refractivity (Wildman–Crippen MR) is 57.8 cm³/mol. The number of nitrogen functional groups attached to an aromatic ring is 1. The minimum atomic E-state index is 0.274. The summed E-state index contributed by atoms with van der Waals surface area (Å²) in [5.74, 6) is 1.13. The monoisotopic (exact) mass is 207 g/mol. The molecule has 3 N–H and O–H groups in total. The highest BCUT2D eigenvalue weighted by Gasteiger charge is 2.03. The van der Waals surface area contributed by atoms with Crippen LogP contribution in [0.4, 0.5) is 11.8 Å². The number of hydrogen-bond acceptors (Lipinski definition) is 5. The highest BCUT2D eigenvalue weighted by Crippen LogP contribution is 2.10. The molecule has 0 radical (unpaired) electrons. The molecule has 15 heavy (non-hydrogen) atoms. The van der Waals surface area contributed by atoms with Crippen molar-refractivity contribution in [2.24, 2.45) is 0 Å². The molecule has 80 valence electrons. The number of nitrogens with two attached hydrogens (primary N) is 1. The molecule has 0 fully saturated rings. The van der Waals surface area contributed by atoms with Gasteiger partial charge in [-0.15, -0.1) is 5.10 Å². The van der Waals surface area contributed by atoms with Crippen LogP contribution in [-0.2, 0) is 4.74 Å². The van der Waals surface area contributed by atoms with Crippen molar-refractivity contribution in [3.05, 3.63) is 18.2 Å². The maximum atomic E-state index is 5.52. The van der Waals surface area contributed by atoms with Crippen LogP contribution in [0.3, 0.4) is 0 Å². The number of anilines is 2. The van der Waals surface area contributed by atoms with Gasteiger partial charge in [-0.1, -0.05) is 6.07 Å². The van der Waals surface area contributed by atoms with Gasteiger partial charge in [0.05, 0.1) is 6.61 Å². The number of hydrogen-bond donors (Lipinski definition) is 2. The van der Waals surface area contributed by atoms with E-state index >= 15 is 0 Å². The molecule has 0 bridgehead atoms. The molecule has 0 aliphatic carbocycles. The van der Waals surface area contributed by atoms with Gasteiger partial charge < -0.3 is 15.8 Å². The lowest BCUT2D eigenvalue weighted by Crippen LogP contribution is -2.10. The van der Waals surface area contributed by atoms with E-state index < -0.39 is 0 Å². The zero-order chi connectivity index (χ0) is 10.7. The van der Waals surface area contributed by atoms with Crippen molar-refractivity contribution in [1.29, 1.82) is 0 Å². The minimum absolute atomic E-state index is 0.274. The van der Waals surface area contributed by atoms with Crippen LogP contribution in [0.5, 0.6) is 0 Å². The van der Waals surface area contributed by atoms with Gasteiger partial charge in [-0.05, 0) is 12.1 Å². The van der Waals surface area contributed by atoms with E-state index in [0.717, 1.165) is 18.0 Å². The van der Waals surface area contributed by atoms with E-state index in [4.69, 9.17) is 10.5 Å². The first-order valence-corrected chi connectivity index (χ1v) is 4.65. The first kappa shape index (κ1) is 9.72. The zero-order valence-corrected chi connectivity index (χ0v) is 8.47. The summed E-state index contributed by atoms with van der Waals surface area (Å²) in [5, 5.41) is 7.25. The van der Waals surface area contributed by atoms with Gasteiger partial charge in [0.1, 0.15) is 5.82 Å². The summed E-state index contributed by atoms with van der Waals surface area (Å²) in [5.41, 5.74) is 6.25. The Kier molecular flexibility index (Phi) is 2.68. The van der Waals surface area contributed by atoms with Crippen LogP contribution >= 0.6 is 0 Å². The van der Waals surface area contributed by atoms with E-state index in [2.05, 4.69) is 15.4 Å². The van der Waals surface area contributed by atoms with E-state index in [-0.39, 0.29) is 5.95 Å². The SMILES string of the molecule is COCCNc1cccc2nc(N)nn12. The molecule has 0 spiro atoms. The van der Waals surface area contributed by atoms with Gasteiger partial charge in [-0.2, -0.15) is 9.50 Å². The second kappa shape index (κ2) is 4.14. The summed E-state index contributed by atoms with van der Waals surface area (Å²) in [7, 11) is 1.66. The molecular weight excluding hydrogens is 194 g/mol. The maximum Gasteiger partial charge on any atom is 0.240 e. The molecule has 6 heteroatoms.